The van der Waals surface area contributed by atoms with Crippen LogP contribution in [0.25, 0.3) is 0 Å². The van der Waals surface area contributed by atoms with Crippen LogP contribution in [0.4, 0.5) is 11.4 Å². The first-order valence-corrected chi connectivity index (χ1v) is 11.3. The molecule has 0 bridgehead atoms. The molecule has 0 unspecified atom stereocenters. The van der Waals surface area contributed by atoms with E-state index >= 15 is 0 Å². The van der Waals surface area contributed by atoms with E-state index in [-0.39, 0.29) is 17.0 Å². The smallest absolute Gasteiger partial charge is 0.266 e. The molecule has 162 valence electrons. The van der Waals surface area contributed by atoms with Gasteiger partial charge in [-0.2, -0.15) is 0 Å². The minimum absolute atomic E-state index is 0.0588. The number of rotatable bonds is 6. The number of hydrogen-bond acceptors (Lipinski definition) is 5. The van der Waals surface area contributed by atoms with Crippen LogP contribution < -0.4 is 14.9 Å². The number of carbonyl (C=O) groups excluding carboxylic acids is 3. The van der Waals surface area contributed by atoms with Crippen molar-refractivity contribution in [2.45, 2.75) is 11.8 Å². The fourth-order valence-corrected chi connectivity index (χ4v) is 4.45. The third kappa shape index (κ3) is 3.91. The van der Waals surface area contributed by atoms with E-state index in [1.165, 1.54) is 30.3 Å². The molecular weight excluding hydrogens is 430 g/mol. The zero-order valence-corrected chi connectivity index (χ0v) is 17.8. The molecule has 1 aliphatic rings. The molecule has 3 aromatic rings. The van der Waals surface area contributed by atoms with Crippen molar-refractivity contribution in [3.8, 4) is 0 Å². The lowest BCUT2D eigenvalue weighted by molar-refractivity contribution is 0.0925. The van der Waals surface area contributed by atoms with Crippen LogP contribution in [-0.2, 0) is 10.0 Å². The molecule has 0 atom stereocenters. The van der Waals surface area contributed by atoms with Crippen molar-refractivity contribution < 1.29 is 22.8 Å². The number of sulfonamides is 1. The van der Waals surface area contributed by atoms with Gasteiger partial charge in [0, 0.05) is 17.8 Å². The third-order valence-corrected chi connectivity index (χ3v) is 6.48. The molecule has 9 heteroatoms. The highest BCUT2D eigenvalue weighted by atomic mass is 32.2. The second kappa shape index (κ2) is 8.37. The minimum atomic E-state index is -3.61. The molecule has 0 saturated heterocycles. The van der Waals surface area contributed by atoms with Gasteiger partial charge >= 0.3 is 0 Å². The third-order valence-electron chi connectivity index (χ3n) is 4.92. The van der Waals surface area contributed by atoms with Gasteiger partial charge in [-0.05, 0) is 54.6 Å². The summed E-state index contributed by atoms with van der Waals surface area (Å²) < 4.78 is 26.4. The topological polar surface area (TPSA) is 113 Å². The molecule has 0 aromatic heterocycles. The normalized spacial score (nSPS) is 13.2. The van der Waals surface area contributed by atoms with Crippen LogP contribution in [0.1, 0.15) is 38.0 Å². The second-order valence-corrected chi connectivity index (χ2v) is 8.79. The van der Waals surface area contributed by atoms with E-state index in [0.717, 1.165) is 4.90 Å². The van der Waals surface area contributed by atoms with E-state index in [0.29, 0.717) is 22.5 Å². The van der Waals surface area contributed by atoms with Gasteiger partial charge in [0.05, 0.1) is 21.7 Å². The summed E-state index contributed by atoms with van der Waals surface area (Å²) in [7, 11) is -3.61. The van der Waals surface area contributed by atoms with Crippen molar-refractivity contribution in [3.63, 3.8) is 0 Å². The summed E-state index contributed by atoms with van der Waals surface area (Å²) in [5.74, 6) is -1.31. The largest absolute Gasteiger partial charge is 0.322 e. The monoisotopic (exact) mass is 449 g/mol. The van der Waals surface area contributed by atoms with Crippen molar-refractivity contribution >= 4 is 39.1 Å². The van der Waals surface area contributed by atoms with E-state index in [4.69, 9.17) is 0 Å². The lowest BCUT2D eigenvalue weighted by atomic mass is 10.1. The number of hydrogen-bond donors (Lipinski definition) is 2. The van der Waals surface area contributed by atoms with E-state index < -0.39 is 27.7 Å². The molecule has 4 rings (SSSR count). The maximum absolute atomic E-state index is 12.7. The summed E-state index contributed by atoms with van der Waals surface area (Å²) in [6.07, 6.45) is 0. The van der Waals surface area contributed by atoms with Gasteiger partial charge in [0.2, 0.25) is 10.0 Å². The number of carbonyl (C=O) groups is 3. The highest BCUT2D eigenvalue weighted by molar-refractivity contribution is 7.89. The molecule has 0 radical (unpaired) electrons. The Morgan fingerprint density at radius 1 is 0.875 bits per heavy atom. The number of anilines is 2. The van der Waals surface area contributed by atoms with Crippen LogP contribution in [0, 0.1) is 0 Å². The van der Waals surface area contributed by atoms with Gasteiger partial charge in [0.1, 0.15) is 0 Å². The molecule has 0 aliphatic carbocycles. The average Bonchev–Trinajstić information content (AvgIpc) is 3.04. The molecule has 32 heavy (non-hydrogen) atoms. The molecule has 1 heterocycles. The first-order valence-electron chi connectivity index (χ1n) is 9.81. The van der Waals surface area contributed by atoms with Gasteiger partial charge in [-0.15, -0.1) is 0 Å². The zero-order chi connectivity index (χ0) is 22.9. The van der Waals surface area contributed by atoms with Crippen LogP contribution >= 0.6 is 0 Å². The van der Waals surface area contributed by atoms with Crippen molar-refractivity contribution in [2.75, 3.05) is 16.8 Å². The Kier molecular flexibility index (Phi) is 5.60. The summed E-state index contributed by atoms with van der Waals surface area (Å²) in [5, 5.41) is 2.70. The SMILES string of the molecule is CCNS(=O)(=O)c1ccc(C(=O)Nc2cccc(N3C(=O)c4ccccc4C3=O)c2)cc1. The second-order valence-electron chi connectivity index (χ2n) is 7.02. The Bertz CT molecular complexity index is 1300. The van der Waals surface area contributed by atoms with Crippen molar-refractivity contribution in [1.82, 2.24) is 4.72 Å². The van der Waals surface area contributed by atoms with Gasteiger partial charge in [0.25, 0.3) is 17.7 Å². The zero-order valence-electron chi connectivity index (χ0n) is 17.0. The van der Waals surface area contributed by atoms with Gasteiger partial charge in [0.15, 0.2) is 0 Å². The van der Waals surface area contributed by atoms with Crippen LogP contribution in [0.5, 0.6) is 0 Å². The first kappa shape index (κ1) is 21.4. The van der Waals surface area contributed by atoms with Crippen LogP contribution in [0.2, 0.25) is 0 Å². The Morgan fingerprint density at radius 2 is 1.50 bits per heavy atom. The first-order chi connectivity index (χ1) is 15.3. The lowest BCUT2D eigenvalue weighted by Crippen LogP contribution is -2.29. The summed E-state index contributed by atoms with van der Waals surface area (Å²) in [6, 6.07) is 18.5. The Labute approximate surface area is 184 Å². The van der Waals surface area contributed by atoms with Crippen LogP contribution in [-0.4, -0.2) is 32.7 Å². The summed E-state index contributed by atoms with van der Waals surface area (Å²) in [4.78, 5) is 39.1. The molecule has 8 nitrogen and oxygen atoms in total. The predicted octanol–water partition coefficient (Wildman–Crippen LogP) is 3.04. The number of fused-ring (bicyclic) bond motifs is 1. The van der Waals surface area contributed by atoms with E-state index in [1.807, 2.05) is 0 Å². The summed E-state index contributed by atoms with van der Waals surface area (Å²) in [6.45, 7) is 1.93. The molecule has 2 N–H and O–H groups in total. The fourth-order valence-electron chi connectivity index (χ4n) is 3.41. The standard InChI is InChI=1S/C23H19N3O5S/c1-2-24-32(30,31)18-12-10-15(11-13-18)21(27)25-16-6-5-7-17(14-16)26-22(28)19-8-3-4-9-20(19)23(26)29/h3-14,24H,2H2,1H3,(H,25,27). The predicted molar refractivity (Wildman–Crippen MR) is 119 cm³/mol. The minimum Gasteiger partial charge on any atom is -0.322 e. The average molecular weight is 449 g/mol. The maximum atomic E-state index is 12.7. The Morgan fingerprint density at radius 3 is 2.09 bits per heavy atom. The van der Waals surface area contributed by atoms with Crippen LogP contribution in [0.15, 0.2) is 77.7 Å². The fraction of sp³-hybridized carbons (Fsp3) is 0.0870. The van der Waals surface area contributed by atoms with Gasteiger partial charge in [-0.25, -0.2) is 18.0 Å². The number of imide groups is 1. The molecule has 0 spiro atoms. The quantitative estimate of drug-likeness (QED) is 0.562. The molecule has 0 fully saturated rings. The number of amides is 3. The molecule has 1 aliphatic heterocycles. The van der Waals surface area contributed by atoms with E-state index in [9.17, 15) is 22.8 Å². The molecular formula is C23H19N3O5S. The number of nitrogens with zero attached hydrogens (tertiary/aromatic N) is 1. The van der Waals surface area contributed by atoms with E-state index in [2.05, 4.69) is 10.0 Å². The highest BCUT2D eigenvalue weighted by Gasteiger charge is 2.36. The Hall–Kier alpha value is -3.82. The van der Waals surface area contributed by atoms with Gasteiger partial charge in [-0.3, -0.25) is 14.4 Å². The highest BCUT2D eigenvalue weighted by Crippen LogP contribution is 2.29. The lowest BCUT2D eigenvalue weighted by Gasteiger charge is -2.15. The van der Waals surface area contributed by atoms with Gasteiger partial charge in [-0.1, -0.05) is 25.1 Å². The number of nitrogens with one attached hydrogen (secondary N) is 2. The van der Waals surface area contributed by atoms with Gasteiger partial charge < -0.3 is 5.32 Å². The summed E-state index contributed by atoms with van der Waals surface area (Å²) in [5.41, 5.74) is 1.64. The van der Waals surface area contributed by atoms with E-state index in [1.54, 1.807) is 49.4 Å². The maximum Gasteiger partial charge on any atom is 0.266 e. The van der Waals surface area contributed by atoms with Crippen LogP contribution in [0.3, 0.4) is 0 Å². The van der Waals surface area contributed by atoms with Crippen molar-refractivity contribution in [3.05, 3.63) is 89.5 Å². The molecule has 3 aromatic carbocycles. The summed E-state index contributed by atoms with van der Waals surface area (Å²) >= 11 is 0. The van der Waals surface area contributed by atoms with Crippen molar-refractivity contribution in [2.24, 2.45) is 0 Å². The Balaban J connectivity index is 1.53. The number of benzene rings is 3. The molecule has 3 amide bonds. The molecule has 0 saturated carbocycles. The van der Waals surface area contributed by atoms with Crippen molar-refractivity contribution in [1.29, 1.82) is 0 Å².